The minimum Gasteiger partial charge on any atom is -0.309 e. The summed E-state index contributed by atoms with van der Waals surface area (Å²) >= 11 is 3.80. The van der Waals surface area contributed by atoms with Crippen molar-refractivity contribution in [1.82, 2.24) is 4.57 Å². The number of hydrogen-bond donors (Lipinski definition) is 0. The van der Waals surface area contributed by atoms with E-state index in [9.17, 15) is 0 Å². The normalized spacial score (nSPS) is 12.0. The van der Waals surface area contributed by atoms with E-state index >= 15 is 0 Å². The van der Waals surface area contributed by atoms with Crippen molar-refractivity contribution in [2.45, 2.75) is 0 Å². The SMILES string of the molecule is Brc1ccc2c(c1)c1c3cccc4c3c(cc1n2-c1ccccc1)-c1c-4c(-c2ccccc2)c2ccccc2c1-c1ccccc1. The Morgan fingerprint density at radius 2 is 0.935 bits per heavy atom. The van der Waals surface area contributed by atoms with E-state index in [4.69, 9.17) is 0 Å². The number of halogens is 1. The molecule has 0 saturated heterocycles. The van der Waals surface area contributed by atoms with Crippen molar-refractivity contribution < 1.29 is 0 Å². The van der Waals surface area contributed by atoms with E-state index in [0.717, 1.165) is 10.2 Å². The summed E-state index contributed by atoms with van der Waals surface area (Å²) in [6.07, 6.45) is 0. The molecule has 1 aliphatic carbocycles. The first-order valence-corrected chi connectivity index (χ1v) is 16.5. The summed E-state index contributed by atoms with van der Waals surface area (Å²) in [5.41, 5.74) is 13.9. The van der Waals surface area contributed by atoms with Gasteiger partial charge in [0.2, 0.25) is 0 Å². The van der Waals surface area contributed by atoms with Crippen molar-refractivity contribution in [1.29, 1.82) is 0 Å². The Hall–Kier alpha value is -5.44. The van der Waals surface area contributed by atoms with Gasteiger partial charge in [0.25, 0.3) is 0 Å². The third-order valence-electron chi connectivity index (χ3n) is 9.74. The van der Waals surface area contributed by atoms with E-state index < -0.39 is 0 Å². The quantitative estimate of drug-likeness (QED) is 0.180. The predicted molar refractivity (Wildman–Crippen MR) is 199 cm³/mol. The van der Waals surface area contributed by atoms with Gasteiger partial charge >= 0.3 is 0 Å². The maximum Gasteiger partial charge on any atom is 0.0553 e. The molecule has 0 atom stereocenters. The highest BCUT2D eigenvalue weighted by molar-refractivity contribution is 9.10. The van der Waals surface area contributed by atoms with Crippen molar-refractivity contribution in [3.05, 3.63) is 162 Å². The Morgan fingerprint density at radius 3 is 1.59 bits per heavy atom. The fraction of sp³-hybridized carbons (Fsp3) is 0. The number of rotatable bonds is 3. The number of nitrogens with zero attached hydrogens (tertiary/aromatic N) is 1. The van der Waals surface area contributed by atoms with Crippen molar-refractivity contribution in [2.75, 3.05) is 0 Å². The Labute approximate surface area is 275 Å². The molecule has 1 nitrogen and oxygen atoms in total. The van der Waals surface area contributed by atoms with Crippen LogP contribution in [0.3, 0.4) is 0 Å². The van der Waals surface area contributed by atoms with Crippen LogP contribution in [-0.2, 0) is 0 Å². The van der Waals surface area contributed by atoms with Crippen LogP contribution in [0.25, 0.3) is 93.5 Å². The summed E-state index contributed by atoms with van der Waals surface area (Å²) < 4.78 is 3.53. The summed E-state index contributed by atoms with van der Waals surface area (Å²) in [4.78, 5) is 0. The molecule has 0 unspecified atom stereocenters. The van der Waals surface area contributed by atoms with Crippen LogP contribution in [-0.4, -0.2) is 4.57 Å². The maximum atomic E-state index is 3.80. The first-order chi connectivity index (χ1) is 22.8. The molecule has 1 aromatic heterocycles. The van der Waals surface area contributed by atoms with E-state index in [-0.39, 0.29) is 0 Å². The molecule has 0 radical (unpaired) electrons. The average molecular weight is 649 g/mol. The number of fused-ring (bicyclic) bond motifs is 8. The molecule has 0 saturated carbocycles. The standard InChI is InChI=1S/C44H26BrN/c45-29-23-24-37-35(25-29)42-33-21-12-22-34-41(33)36(26-38(42)46(37)30-17-8-3-9-18-30)44-40(28-15-6-2-7-16-28)32-20-11-10-19-31(32)39(43(34)44)27-13-4-1-5-14-27/h1-26H. The zero-order valence-corrected chi connectivity index (χ0v) is 26.4. The van der Waals surface area contributed by atoms with Crippen LogP contribution in [0.2, 0.25) is 0 Å². The highest BCUT2D eigenvalue weighted by Crippen LogP contribution is 2.59. The van der Waals surface area contributed by atoms with Crippen LogP contribution >= 0.6 is 15.9 Å². The zero-order valence-electron chi connectivity index (χ0n) is 24.8. The van der Waals surface area contributed by atoms with E-state index in [1.807, 2.05) is 0 Å². The molecule has 0 fully saturated rings. The maximum absolute atomic E-state index is 3.80. The molecule has 0 aliphatic heterocycles. The van der Waals surface area contributed by atoms with Gasteiger partial charge in [0.1, 0.15) is 0 Å². The van der Waals surface area contributed by atoms with Crippen molar-refractivity contribution in [3.8, 4) is 50.2 Å². The topological polar surface area (TPSA) is 4.93 Å². The van der Waals surface area contributed by atoms with E-state index in [1.54, 1.807) is 0 Å². The molecule has 46 heavy (non-hydrogen) atoms. The molecule has 0 N–H and O–H groups in total. The van der Waals surface area contributed by atoms with Gasteiger partial charge in [0, 0.05) is 20.9 Å². The highest BCUT2D eigenvalue weighted by atomic mass is 79.9. The molecule has 214 valence electrons. The Bertz CT molecular complexity index is 2670. The molecule has 0 amide bonds. The van der Waals surface area contributed by atoms with Gasteiger partial charge in [-0.25, -0.2) is 0 Å². The van der Waals surface area contributed by atoms with Crippen LogP contribution in [0.15, 0.2) is 162 Å². The number of benzene rings is 8. The van der Waals surface area contributed by atoms with E-state index in [0.29, 0.717) is 0 Å². The lowest BCUT2D eigenvalue weighted by molar-refractivity contribution is 1.18. The van der Waals surface area contributed by atoms with Gasteiger partial charge in [-0.15, -0.1) is 0 Å². The molecule has 1 aliphatic rings. The zero-order chi connectivity index (χ0) is 30.4. The second-order valence-corrected chi connectivity index (χ2v) is 13.1. The largest absolute Gasteiger partial charge is 0.309 e. The van der Waals surface area contributed by atoms with Crippen molar-refractivity contribution in [2.24, 2.45) is 0 Å². The Kier molecular flexibility index (Phi) is 5.49. The smallest absolute Gasteiger partial charge is 0.0553 e. The minimum atomic E-state index is 1.09. The number of para-hydroxylation sites is 1. The van der Waals surface area contributed by atoms with Gasteiger partial charge in [0.15, 0.2) is 0 Å². The van der Waals surface area contributed by atoms with Gasteiger partial charge < -0.3 is 4.57 Å². The third kappa shape index (κ3) is 3.51. The summed E-state index contributed by atoms with van der Waals surface area (Å²) in [5.74, 6) is 0. The Morgan fingerprint density at radius 1 is 0.370 bits per heavy atom. The van der Waals surface area contributed by atoms with Gasteiger partial charge in [-0.3, -0.25) is 0 Å². The molecule has 8 aromatic carbocycles. The summed E-state index contributed by atoms with van der Waals surface area (Å²) in [6.45, 7) is 0. The van der Waals surface area contributed by atoms with Crippen LogP contribution in [0, 0.1) is 0 Å². The van der Waals surface area contributed by atoms with Gasteiger partial charge in [0.05, 0.1) is 11.0 Å². The minimum absolute atomic E-state index is 1.09. The van der Waals surface area contributed by atoms with Crippen LogP contribution < -0.4 is 0 Å². The fourth-order valence-electron chi connectivity index (χ4n) is 8.01. The first-order valence-electron chi connectivity index (χ1n) is 15.7. The van der Waals surface area contributed by atoms with Crippen LogP contribution in [0.1, 0.15) is 0 Å². The molecule has 0 bridgehead atoms. The molecule has 2 heteroatoms. The van der Waals surface area contributed by atoms with E-state index in [2.05, 4.69) is 178 Å². The molecule has 9 aromatic rings. The summed E-state index contributed by atoms with van der Waals surface area (Å²) in [7, 11) is 0. The van der Waals surface area contributed by atoms with Gasteiger partial charge in [-0.1, -0.05) is 137 Å². The molecular weight excluding hydrogens is 622 g/mol. The van der Waals surface area contributed by atoms with E-state index in [1.165, 1.54) is 87.9 Å². The van der Waals surface area contributed by atoms with Gasteiger partial charge in [-0.05, 0) is 102 Å². The van der Waals surface area contributed by atoms with Crippen LogP contribution in [0.4, 0.5) is 0 Å². The second kappa shape index (κ2) is 9.78. The first kappa shape index (κ1) is 25.8. The number of aromatic nitrogens is 1. The lowest BCUT2D eigenvalue weighted by Crippen LogP contribution is -1.94. The average Bonchev–Trinajstić information content (AvgIpc) is 3.61. The summed E-state index contributed by atoms with van der Waals surface area (Å²) in [5, 5.41) is 7.73. The van der Waals surface area contributed by atoms with Crippen molar-refractivity contribution in [3.63, 3.8) is 0 Å². The highest BCUT2D eigenvalue weighted by Gasteiger charge is 2.32. The van der Waals surface area contributed by atoms with Crippen molar-refractivity contribution >= 4 is 59.3 Å². The van der Waals surface area contributed by atoms with Gasteiger partial charge in [-0.2, -0.15) is 0 Å². The second-order valence-electron chi connectivity index (χ2n) is 12.2. The molecule has 0 spiro atoms. The fourth-order valence-corrected chi connectivity index (χ4v) is 8.37. The third-order valence-corrected chi connectivity index (χ3v) is 10.2. The monoisotopic (exact) mass is 647 g/mol. The molecule has 10 rings (SSSR count). The van der Waals surface area contributed by atoms with Crippen LogP contribution in [0.5, 0.6) is 0 Å². The molecule has 1 heterocycles. The predicted octanol–water partition coefficient (Wildman–Crippen LogP) is 12.8. The lowest BCUT2D eigenvalue weighted by atomic mass is 9.82. The Balaban J connectivity index is 1.47. The molecular formula is C44H26BrN. The lowest BCUT2D eigenvalue weighted by Gasteiger charge is -2.20. The summed E-state index contributed by atoms with van der Waals surface area (Å²) in [6, 6.07) is 57.8. The number of hydrogen-bond acceptors (Lipinski definition) is 0.